The van der Waals surface area contributed by atoms with Crippen molar-refractivity contribution in [2.45, 2.75) is 62.2 Å². The molecule has 0 radical (unpaired) electrons. The summed E-state index contributed by atoms with van der Waals surface area (Å²) in [4.78, 5) is 42.2. The molecule has 224 valence electrons. The van der Waals surface area contributed by atoms with Gasteiger partial charge >= 0.3 is 12.1 Å². The summed E-state index contributed by atoms with van der Waals surface area (Å²) in [7, 11) is 0. The number of ketones is 1. The van der Waals surface area contributed by atoms with Crippen LogP contribution in [0.2, 0.25) is 0 Å². The van der Waals surface area contributed by atoms with Gasteiger partial charge in [0.1, 0.15) is 6.61 Å². The molecule has 1 aliphatic heterocycles. The molecule has 1 unspecified atom stereocenters. The molecule has 1 spiro atoms. The van der Waals surface area contributed by atoms with Crippen LogP contribution >= 0.6 is 0 Å². The summed E-state index contributed by atoms with van der Waals surface area (Å²) >= 11 is 0. The Hall–Kier alpha value is -3.70. The monoisotopic (exact) mass is 584 g/mol. The van der Waals surface area contributed by atoms with E-state index in [9.17, 15) is 27.6 Å². The predicted octanol–water partition coefficient (Wildman–Crippen LogP) is 3.47. The smallest absolute Gasteiger partial charge is 0.457 e. The number of hydrogen-bond acceptors (Lipinski definition) is 6. The van der Waals surface area contributed by atoms with Gasteiger partial charge in [0.15, 0.2) is 5.78 Å². The quantitative estimate of drug-likeness (QED) is 0.286. The number of benzene rings is 2. The molecule has 5 rings (SSSR count). The number of rotatable bonds is 9. The van der Waals surface area contributed by atoms with Gasteiger partial charge in [-0.2, -0.15) is 13.2 Å². The number of ether oxygens (including phenoxy) is 1. The maximum absolute atomic E-state index is 14.5. The van der Waals surface area contributed by atoms with E-state index in [0.29, 0.717) is 6.42 Å². The third kappa shape index (κ3) is 6.07. The number of halogens is 3. The molecule has 3 aromatic rings. The molecular formula is C31H35F3N4O4. The molecule has 11 heteroatoms. The molecule has 1 aromatic heterocycles. The van der Waals surface area contributed by atoms with Crippen molar-refractivity contribution in [1.29, 1.82) is 0 Å². The predicted molar refractivity (Wildman–Crippen MR) is 151 cm³/mol. The standard InChI is InChI=1S/C31H35F3N4O4/c1-29(35,18-42-28(41)31(32,33)34)16-26(39)38-25(15-20-17-37-24-9-5-3-7-21(20)24)27(40)23-14-19-6-2-4-8-22(19)30(23)10-12-36-13-11-30/h2-9,17,23,25,36-37H,10-16,18,35H2,1H3,(H,38,39)/t23?,25-,29-/m1/s1. The van der Waals surface area contributed by atoms with Crippen LogP contribution < -0.4 is 16.4 Å². The average molecular weight is 585 g/mol. The number of hydrogen-bond donors (Lipinski definition) is 4. The number of carbonyl (C=O) groups excluding carboxylic acids is 3. The van der Waals surface area contributed by atoms with E-state index >= 15 is 0 Å². The molecule has 1 aliphatic carbocycles. The van der Waals surface area contributed by atoms with Gasteiger partial charge in [-0.15, -0.1) is 0 Å². The van der Waals surface area contributed by atoms with Gasteiger partial charge in [-0.25, -0.2) is 4.79 Å². The fraction of sp³-hybridized carbons (Fsp3) is 0.452. The van der Waals surface area contributed by atoms with E-state index < -0.39 is 42.7 Å². The van der Waals surface area contributed by atoms with Gasteiger partial charge in [0, 0.05) is 41.3 Å². The zero-order valence-electron chi connectivity index (χ0n) is 23.4. The highest BCUT2D eigenvalue weighted by Crippen LogP contribution is 2.49. The van der Waals surface area contributed by atoms with Gasteiger partial charge in [-0.05, 0) is 62.0 Å². The Kier molecular flexibility index (Phi) is 8.17. The molecule has 0 bridgehead atoms. The lowest BCUT2D eigenvalue weighted by Gasteiger charge is -2.41. The summed E-state index contributed by atoms with van der Waals surface area (Å²) in [5, 5.41) is 7.18. The SMILES string of the molecule is C[C@](N)(COC(=O)C(F)(F)F)CC(=O)N[C@H](Cc1c[nH]c2ccccc12)C(=O)C1Cc2ccccc2C12CCNCC2. The van der Waals surface area contributed by atoms with Crippen LogP contribution in [0.25, 0.3) is 10.9 Å². The zero-order chi connectivity index (χ0) is 30.1. The molecule has 5 N–H and O–H groups in total. The minimum absolute atomic E-state index is 0.0889. The normalized spacial score (nSPS) is 20.1. The Labute approximate surface area is 241 Å². The van der Waals surface area contributed by atoms with Crippen LogP contribution in [-0.2, 0) is 37.4 Å². The third-order valence-electron chi connectivity index (χ3n) is 8.59. The van der Waals surface area contributed by atoms with Crippen LogP contribution in [0.3, 0.4) is 0 Å². The van der Waals surface area contributed by atoms with Crippen LogP contribution in [0.15, 0.2) is 54.7 Å². The second kappa shape index (κ2) is 11.5. The summed E-state index contributed by atoms with van der Waals surface area (Å²) < 4.78 is 42.1. The topological polar surface area (TPSA) is 126 Å². The van der Waals surface area contributed by atoms with E-state index in [4.69, 9.17) is 5.73 Å². The lowest BCUT2D eigenvalue weighted by Crippen LogP contribution is -2.54. The molecular weight excluding hydrogens is 549 g/mol. The molecule has 8 nitrogen and oxygen atoms in total. The number of carbonyl (C=O) groups is 3. The van der Waals surface area contributed by atoms with Crippen LogP contribution in [0.4, 0.5) is 13.2 Å². The van der Waals surface area contributed by atoms with Crippen LogP contribution in [-0.4, -0.2) is 60.1 Å². The molecule has 2 aromatic carbocycles. The Morgan fingerprint density at radius 1 is 1.10 bits per heavy atom. The first-order valence-electron chi connectivity index (χ1n) is 14.1. The first-order chi connectivity index (χ1) is 19.9. The third-order valence-corrected chi connectivity index (χ3v) is 8.59. The first kappa shape index (κ1) is 29.8. The fourth-order valence-electron chi connectivity index (χ4n) is 6.61. The Balaban J connectivity index is 1.40. The van der Waals surface area contributed by atoms with Crippen molar-refractivity contribution < 1.29 is 32.3 Å². The molecule has 1 fully saturated rings. The molecule has 42 heavy (non-hydrogen) atoms. The van der Waals surface area contributed by atoms with E-state index in [1.807, 2.05) is 42.6 Å². The fourth-order valence-corrected chi connectivity index (χ4v) is 6.61. The van der Waals surface area contributed by atoms with Crippen molar-refractivity contribution in [3.05, 3.63) is 71.4 Å². The van der Waals surface area contributed by atoms with E-state index in [1.165, 1.54) is 12.5 Å². The lowest BCUT2D eigenvalue weighted by atomic mass is 9.66. The van der Waals surface area contributed by atoms with Crippen molar-refractivity contribution in [3.8, 4) is 0 Å². The Bertz CT molecular complexity index is 1480. The zero-order valence-corrected chi connectivity index (χ0v) is 23.4. The number of fused-ring (bicyclic) bond motifs is 3. The van der Waals surface area contributed by atoms with Gasteiger partial charge < -0.3 is 26.1 Å². The number of alkyl halides is 3. The van der Waals surface area contributed by atoms with E-state index in [-0.39, 0.29) is 23.5 Å². The van der Waals surface area contributed by atoms with Crippen molar-refractivity contribution in [2.75, 3.05) is 19.7 Å². The molecule has 2 aliphatic rings. The summed E-state index contributed by atoms with van der Waals surface area (Å²) in [6.45, 7) is 2.07. The second-order valence-electron chi connectivity index (χ2n) is 11.8. The highest BCUT2D eigenvalue weighted by Gasteiger charge is 2.51. The first-order valence-corrected chi connectivity index (χ1v) is 14.1. The van der Waals surface area contributed by atoms with E-state index in [2.05, 4.69) is 32.5 Å². The van der Waals surface area contributed by atoms with Gasteiger partial charge in [-0.1, -0.05) is 42.5 Å². The van der Waals surface area contributed by atoms with Crippen LogP contribution in [0.5, 0.6) is 0 Å². The van der Waals surface area contributed by atoms with Crippen molar-refractivity contribution in [1.82, 2.24) is 15.6 Å². The summed E-state index contributed by atoms with van der Waals surface area (Å²) in [6.07, 6.45) is -1.42. The summed E-state index contributed by atoms with van der Waals surface area (Å²) in [5.41, 5.74) is 8.20. The number of Topliss-reactive ketones (excluding diaryl/α,β-unsaturated/α-hetero) is 1. The number of amides is 1. The maximum atomic E-state index is 14.5. The van der Waals surface area contributed by atoms with Gasteiger partial charge in [0.2, 0.25) is 5.91 Å². The Morgan fingerprint density at radius 2 is 1.79 bits per heavy atom. The number of aromatic nitrogens is 1. The number of piperidine rings is 1. The molecule has 0 saturated carbocycles. The molecule has 1 amide bonds. The lowest BCUT2D eigenvalue weighted by molar-refractivity contribution is -0.201. The van der Waals surface area contributed by atoms with Crippen molar-refractivity contribution in [2.24, 2.45) is 11.7 Å². The highest BCUT2D eigenvalue weighted by molar-refractivity contribution is 5.94. The largest absolute Gasteiger partial charge is 0.490 e. The second-order valence-corrected chi connectivity index (χ2v) is 11.8. The maximum Gasteiger partial charge on any atom is 0.490 e. The highest BCUT2D eigenvalue weighted by atomic mass is 19.4. The number of H-pyrrole nitrogens is 1. The van der Waals surface area contributed by atoms with Crippen LogP contribution in [0.1, 0.15) is 42.9 Å². The number of nitrogens with two attached hydrogens (primary N) is 1. The number of esters is 1. The average Bonchev–Trinajstić information content (AvgIpc) is 3.50. The summed E-state index contributed by atoms with van der Waals surface area (Å²) in [5.74, 6) is -3.44. The molecule has 3 atom stereocenters. The number of nitrogens with one attached hydrogen (secondary N) is 3. The van der Waals surface area contributed by atoms with Gasteiger partial charge in [0.05, 0.1) is 11.6 Å². The minimum atomic E-state index is -5.17. The molecule has 1 saturated heterocycles. The van der Waals surface area contributed by atoms with Gasteiger partial charge in [0.25, 0.3) is 0 Å². The van der Waals surface area contributed by atoms with Gasteiger partial charge in [-0.3, -0.25) is 9.59 Å². The Morgan fingerprint density at radius 3 is 2.52 bits per heavy atom. The minimum Gasteiger partial charge on any atom is -0.457 e. The van der Waals surface area contributed by atoms with E-state index in [1.54, 1.807) is 0 Å². The molecule has 2 heterocycles. The van der Waals surface area contributed by atoms with E-state index in [0.717, 1.165) is 48.0 Å². The van der Waals surface area contributed by atoms with Crippen molar-refractivity contribution in [3.63, 3.8) is 0 Å². The number of aromatic amines is 1. The van der Waals surface area contributed by atoms with Crippen LogP contribution in [0, 0.1) is 5.92 Å². The number of para-hydroxylation sites is 1. The van der Waals surface area contributed by atoms with Crippen molar-refractivity contribution >= 4 is 28.6 Å². The summed E-state index contributed by atoms with van der Waals surface area (Å²) in [6, 6.07) is 14.9.